The molecule has 2 heterocycles. The van der Waals surface area contributed by atoms with Gasteiger partial charge < -0.3 is 9.73 Å². The van der Waals surface area contributed by atoms with E-state index in [4.69, 9.17) is 4.42 Å². The van der Waals surface area contributed by atoms with Crippen molar-refractivity contribution in [3.63, 3.8) is 0 Å². The molecular formula is C16H16N4O. The van der Waals surface area contributed by atoms with Crippen LogP contribution in [-0.4, -0.2) is 15.2 Å². The topological polar surface area (TPSA) is 63.8 Å². The number of aromatic nitrogens is 3. The van der Waals surface area contributed by atoms with Gasteiger partial charge in [0.25, 0.3) is 0 Å². The van der Waals surface area contributed by atoms with E-state index in [2.05, 4.69) is 33.5 Å². The third-order valence-electron chi connectivity index (χ3n) is 3.30. The van der Waals surface area contributed by atoms with Crippen LogP contribution >= 0.6 is 0 Å². The van der Waals surface area contributed by atoms with Crippen LogP contribution in [0.1, 0.15) is 16.8 Å². The molecule has 0 spiro atoms. The van der Waals surface area contributed by atoms with Gasteiger partial charge in [0, 0.05) is 29.7 Å². The Morgan fingerprint density at radius 3 is 2.76 bits per heavy atom. The molecule has 106 valence electrons. The third-order valence-corrected chi connectivity index (χ3v) is 3.30. The number of pyridine rings is 1. The molecule has 0 aliphatic heterocycles. The Labute approximate surface area is 123 Å². The molecule has 5 nitrogen and oxygen atoms in total. The van der Waals surface area contributed by atoms with Crippen molar-refractivity contribution in [2.75, 3.05) is 5.32 Å². The Bertz CT molecular complexity index is 721. The maximum absolute atomic E-state index is 5.23. The fraction of sp³-hybridized carbons (Fsp3) is 0.188. The second kappa shape index (κ2) is 5.75. The van der Waals surface area contributed by atoms with Gasteiger partial charge in [0.1, 0.15) is 0 Å². The second-order valence-corrected chi connectivity index (χ2v) is 4.93. The van der Waals surface area contributed by atoms with Crippen LogP contribution in [0.4, 0.5) is 5.69 Å². The standard InChI is InChI=1S/C16H16N4O/c1-11-3-6-14(16-20-19-10-21-16)7-15(11)18-9-13-5-4-12(2)17-8-13/h3-8,10,18H,9H2,1-2H3. The minimum absolute atomic E-state index is 0.523. The van der Waals surface area contributed by atoms with Crippen LogP contribution in [0.5, 0.6) is 0 Å². The van der Waals surface area contributed by atoms with E-state index in [-0.39, 0.29) is 0 Å². The summed E-state index contributed by atoms with van der Waals surface area (Å²) in [5, 5.41) is 11.1. The number of hydrogen-bond acceptors (Lipinski definition) is 5. The molecule has 0 aliphatic rings. The summed E-state index contributed by atoms with van der Waals surface area (Å²) in [4.78, 5) is 4.30. The molecular weight excluding hydrogens is 264 g/mol. The lowest BCUT2D eigenvalue weighted by Crippen LogP contribution is -2.02. The summed E-state index contributed by atoms with van der Waals surface area (Å²) in [5.74, 6) is 0.523. The van der Waals surface area contributed by atoms with Gasteiger partial charge in [0.2, 0.25) is 12.3 Å². The van der Waals surface area contributed by atoms with Gasteiger partial charge in [-0.3, -0.25) is 4.98 Å². The van der Waals surface area contributed by atoms with Crippen molar-refractivity contribution in [2.24, 2.45) is 0 Å². The predicted molar refractivity (Wildman–Crippen MR) is 80.8 cm³/mol. The molecule has 0 radical (unpaired) electrons. The Morgan fingerprint density at radius 2 is 2.05 bits per heavy atom. The molecule has 0 aliphatic carbocycles. The Morgan fingerprint density at radius 1 is 1.14 bits per heavy atom. The molecule has 0 bridgehead atoms. The molecule has 0 atom stereocenters. The normalized spacial score (nSPS) is 10.6. The zero-order valence-electron chi connectivity index (χ0n) is 12.0. The smallest absolute Gasteiger partial charge is 0.247 e. The van der Waals surface area contributed by atoms with Crippen molar-refractivity contribution in [1.29, 1.82) is 0 Å². The van der Waals surface area contributed by atoms with Crippen molar-refractivity contribution in [2.45, 2.75) is 20.4 Å². The average molecular weight is 280 g/mol. The first-order chi connectivity index (χ1) is 10.2. The van der Waals surface area contributed by atoms with Gasteiger partial charge in [0.05, 0.1) is 0 Å². The molecule has 0 saturated heterocycles. The largest absolute Gasteiger partial charge is 0.423 e. The van der Waals surface area contributed by atoms with Crippen LogP contribution < -0.4 is 5.32 Å². The van der Waals surface area contributed by atoms with Crippen molar-refractivity contribution < 1.29 is 4.42 Å². The van der Waals surface area contributed by atoms with Gasteiger partial charge in [-0.15, -0.1) is 10.2 Å². The van der Waals surface area contributed by atoms with Crippen LogP contribution in [-0.2, 0) is 6.54 Å². The predicted octanol–water partition coefficient (Wildman–Crippen LogP) is 3.36. The minimum atomic E-state index is 0.523. The summed E-state index contributed by atoms with van der Waals surface area (Å²) < 4.78 is 5.23. The van der Waals surface area contributed by atoms with Crippen LogP contribution in [0.3, 0.4) is 0 Å². The lowest BCUT2D eigenvalue weighted by atomic mass is 10.1. The highest BCUT2D eigenvalue weighted by Gasteiger charge is 2.06. The van der Waals surface area contributed by atoms with E-state index in [0.717, 1.165) is 29.1 Å². The number of anilines is 1. The van der Waals surface area contributed by atoms with Gasteiger partial charge in [-0.2, -0.15) is 0 Å². The van der Waals surface area contributed by atoms with E-state index in [1.807, 2.05) is 37.4 Å². The van der Waals surface area contributed by atoms with Crippen molar-refractivity contribution in [3.05, 3.63) is 59.7 Å². The van der Waals surface area contributed by atoms with Crippen LogP contribution in [0.15, 0.2) is 47.3 Å². The quantitative estimate of drug-likeness (QED) is 0.794. The molecule has 1 N–H and O–H groups in total. The number of aryl methyl sites for hydroxylation is 2. The monoisotopic (exact) mass is 280 g/mol. The lowest BCUT2D eigenvalue weighted by molar-refractivity contribution is 0.568. The maximum atomic E-state index is 5.23. The molecule has 3 rings (SSSR count). The van der Waals surface area contributed by atoms with E-state index in [0.29, 0.717) is 5.89 Å². The molecule has 0 unspecified atom stereocenters. The molecule has 1 aromatic carbocycles. The van der Waals surface area contributed by atoms with Crippen molar-refractivity contribution in [3.8, 4) is 11.5 Å². The Balaban J connectivity index is 1.78. The van der Waals surface area contributed by atoms with Crippen molar-refractivity contribution >= 4 is 5.69 Å². The fourth-order valence-corrected chi connectivity index (χ4v) is 2.04. The number of hydrogen-bond donors (Lipinski definition) is 1. The van der Waals surface area contributed by atoms with E-state index in [1.165, 1.54) is 12.0 Å². The molecule has 0 saturated carbocycles. The fourth-order valence-electron chi connectivity index (χ4n) is 2.04. The summed E-state index contributed by atoms with van der Waals surface area (Å²) in [5.41, 5.74) is 5.28. The summed E-state index contributed by atoms with van der Waals surface area (Å²) in [7, 11) is 0. The SMILES string of the molecule is Cc1ccc(CNc2cc(-c3nnco3)ccc2C)cn1. The highest BCUT2D eigenvalue weighted by atomic mass is 16.4. The van der Waals surface area contributed by atoms with Crippen LogP contribution in [0, 0.1) is 13.8 Å². The first-order valence-corrected chi connectivity index (χ1v) is 6.75. The summed E-state index contributed by atoms with van der Waals surface area (Å²) in [6.45, 7) is 4.77. The van der Waals surface area contributed by atoms with E-state index < -0.39 is 0 Å². The lowest BCUT2D eigenvalue weighted by Gasteiger charge is -2.10. The second-order valence-electron chi connectivity index (χ2n) is 4.93. The Hall–Kier alpha value is -2.69. The first kappa shape index (κ1) is 13.3. The zero-order chi connectivity index (χ0) is 14.7. The Kier molecular flexibility index (Phi) is 3.64. The number of nitrogens with one attached hydrogen (secondary N) is 1. The van der Waals surface area contributed by atoms with Gasteiger partial charge in [-0.1, -0.05) is 12.1 Å². The van der Waals surface area contributed by atoms with Gasteiger partial charge >= 0.3 is 0 Å². The van der Waals surface area contributed by atoms with Gasteiger partial charge in [-0.25, -0.2) is 0 Å². The molecule has 0 fully saturated rings. The van der Waals surface area contributed by atoms with E-state index in [9.17, 15) is 0 Å². The molecule has 21 heavy (non-hydrogen) atoms. The molecule has 0 amide bonds. The first-order valence-electron chi connectivity index (χ1n) is 6.75. The van der Waals surface area contributed by atoms with Gasteiger partial charge in [-0.05, 0) is 43.2 Å². The number of rotatable bonds is 4. The van der Waals surface area contributed by atoms with Gasteiger partial charge in [0.15, 0.2) is 0 Å². The van der Waals surface area contributed by atoms with Crippen LogP contribution in [0.25, 0.3) is 11.5 Å². The highest BCUT2D eigenvalue weighted by molar-refractivity contribution is 5.64. The van der Waals surface area contributed by atoms with Crippen LogP contribution in [0.2, 0.25) is 0 Å². The summed E-state index contributed by atoms with van der Waals surface area (Å²) in [6.07, 6.45) is 3.22. The summed E-state index contributed by atoms with van der Waals surface area (Å²) >= 11 is 0. The molecule has 3 aromatic rings. The zero-order valence-corrected chi connectivity index (χ0v) is 12.0. The van der Waals surface area contributed by atoms with E-state index >= 15 is 0 Å². The van der Waals surface area contributed by atoms with E-state index in [1.54, 1.807) is 0 Å². The highest BCUT2D eigenvalue weighted by Crippen LogP contribution is 2.24. The number of benzene rings is 1. The maximum Gasteiger partial charge on any atom is 0.247 e. The molecule has 5 heteroatoms. The number of nitrogens with zero attached hydrogens (tertiary/aromatic N) is 3. The van der Waals surface area contributed by atoms with Crippen molar-refractivity contribution in [1.82, 2.24) is 15.2 Å². The third kappa shape index (κ3) is 3.08. The average Bonchev–Trinajstić information content (AvgIpc) is 3.02. The minimum Gasteiger partial charge on any atom is -0.423 e. The summed E-state index contributed by atoms with van der Waals surface area (Å²) in [6, 6.07) is 10.1. The molecule has 2 aromatic heterocycles.